The Kier molecular flexibility index (Phi) is 3.77. The van der Waals surface area contributed by atoms with Crippen molar-refractivity contribution in [1.82, 2.24) is 0 Å². The van der Waals surface area contributed by atoms with Crippen LogP contribution in [0.5, 0.6) is 0 Å². The molecule has 2 fully saturated rings. The smallest absolute Gasteiger partial charge is 0.186 e. The maximum absolute atomic E-state index is 13.1. The second kappa shape index (κ2) is 5.20. The molecule has 1 unspecified atom stereocenters. The minimum atomic E-state index is -1.48. The lowest BCUT2D eigenvalue weighted by Gasteiger charge is -2.32. The molecule has 0 bridgehead atoms. The lowest BCUT2D eigenvalue weighted by atomic mass is 9.71. The van der Waals surface area contributed by atoms with Crippen molar-refractivity contribution < 1.29 is 9.59 Å². The third-order valence-electron chi connectivity index (χ3n) is 5.06. The average molecular weight is 370 g/mol. The van der Waals surface area contributed by atoms with E-state index in [1.54, 1.807) is 0 Å². The van der Waals surface area contributed by atoms with Crippen molar-refractivity contribution in [2.45, 2.75) is 50.3 Å². The zero-order valence-electron chi connectivity index (χ0n) is 12.0. The number of ketones is 2. The third kappa shape index (κ3) is 2.20. The molecule has 2 aliphatic carbocycles. The molecule has 1 atom stereocenters. The Hall–Kier alpha value is -0.670. The molecule has 2 saturated carbocycles. The van der Waals surface area contributed by atoms with Gasteiger partial charge in [0.15, 0.2) is 16.4 Å². The van der Waals surface area contributed by atoms with Gasteiger partial charge in [-0.2, -0.15) is 0 Å². The number of alkyl halides is 1. The average Bonchev–Trinajstić information content (AvgIpc) is 2.65. The summed E-state index contributed by atoms with van der Waals surface area (Å²) in [6, 6.07) is 5.62. The molecule has 4 heteroatoms. The molecule has 0 aliphatic heterocycles. The first-order valence-corrected chi connectivity index (χ1v) is 8.61. The maximum Gasteiger partial charge on any atom is 0.186 e. The Labute approximate surface area is 138 Å². The molecule has 1 spiro atoms. The summed E-state index contributed by atoms with van der Waals surface area (Å²) >= 11 is 10.1. The van der Waals surface area contributed by atoms with E-state index in [9.17, 15) is 9.59 Å². The lowest BCUT2D eigenvalue weighted by Crippen LogP contribution is -2.38. The summed E-state index contributed by atoms with van der Waals surface area (Å²) < 4.78 is 0.841. The Morgan fingerprint density at radius 2 is 1.81 bits per heavy atom. The second-order valence-corrected chi connectivity index (χ2v) is 7.87. The number of aryl methyl sites for hydroxylation is 1. The van der Waals surface area contributed by atoms with Gasteiger partial charge in [0, 0.05) is 16.3 Å². The van der Waals surface area contributed by atoms with Crippen LogP contribution in [0.3, 0.4) is 0 Å². The highest BCUT2D eigenvalue weighted by Crippen LogP contribution is 2.55. The fraction of sp³-hybridized carbons (Fsp3) is 0.529. The van der Waals surface area contributed by atoms with Gasteiger partial charge >= 0.3 is 0 Å². The molecule has 0 amide bonds. The van der Waals surface area contributed by atoms with Crippen LogP contribution >= 0.6 is 27.5 Å². The summed E-state index contributed by atoms with van der Waals surface area (Å²) in [5.74, 6) is -0.195. The molecule has 0 aromatic heterocycles. The number of carbonyl (C=O) groups is 2. The molecular weight excluding hydrogens is 352 g/mol. The van der Waals surface area contributed by atoms with Crippen molar-refractivity contribution in [3.63, 3.8) is 0 Å². The van der Waals surface area contributed by atoms with Gasteiger partial charge < -0.3 is 0 Å². The molecule has 2 aliphatic rings. The standard InChI is InChI=1S/C17H18BrClO2/c1-11-5-6-12(18)9-13(11)17(19)14(20)10-16(15(17)21)7-3-2-4-8-16/h5-6,9H,2-4,7-8,10H2,1H3. The number of benzene rings is 1. The highest BCUT2D eigenvalue weighted by atomic mass is 79.9. The fourth-order valence-electron chi connectivity index (χ4n) is 3.87. The first kappa shape index (κ1) is 15.2. The van der Waals surface area contributed by atoms with Crippen LogP contribution in [0.4, 0.5) is 0 Å². The monoisotopic (exact) mass is 368 g/mol. The van der Waals surface area contributed by atoms with Crippen LogP contribution in [0.25, 0.3) is 0 Å². The topological polar surface area (TPSA) is 34.1 Å². The van der Waals surface area contributed by atoms with E-state index in [1.807, 2.05) is 25.1 Å². The van der Waals surface area contributed by atoms with E-state index < -0.39 is 10.3 Å². The van der Waals surface area contributed by atoms with E-state index in [4.69, 9.17) is 11.6 Å². The molecular formula is C17H18BrClO2. The van der Waals surface area contributed by atoms with Crippen molar-refractivity contribution in [2.24, 2.45) is 5.41 Å². The van der Waals surface area contributed by atoms with Gasteiger partial charge in [0.05, 0.1) is 0 Å². The van der Waals surface area contributed by atoms with Gasteiger partial charge in [0.1, 0.15) is 0 Å². The van der Waals surface area contributed by atoms with Crippen molar-refractivity contribution in [2.75, 3.05) is 0 Å². The molecule has 112 valence electrons. The van der Waals surface area contributed by atoms with E-state index in [1.165, 1.54) is 0 Å². The number of Topliss-reactive ketones (excluding diaryl/α,β-unsaturated/α-hetero) is 2. The zero-order valence-corrected chi connectivity index (χ0v) is 14.4. The van der Waals surface area contributed by atoms with Crippen LogP contribution in [0.2, 0.25) is 0 Å². The molecule has 3 rings (SSSR count). The van der Waals surface area contributed by atoms with Crippen molar-refractivity contribution in [3.8, 4) is 0 Å². The first-order chi connectivity index (χ1) is 9.90. The minimum absolute atomic E-state index is 0.0671. The number of carbonyl (C=O) groups excluding carboxylic acids is 2. The molecule has 21 heavy (non-hydrogen) atoms. The summed E-state index contributed by atoms with van der Waals surface area (Å²) in [5, 5.41) is 0. The Morgan fingerprint density at radius 3 is 2.48 bits per heavy atom. The van der Waals surface area contributed by atoms with Gasteiger partial charge in [-0.05, 0) is 43.0 Å². The Morgan fingerprint density at radius 1 is 1.14 bits per heavy atom. The van der Waals surface area contributed by atoms with E-state index in [0.29, 0.717) is 12.0 Å². The number of halogens is 2. The summed E-state index contributed by atoms with van der Waals surface area (Å²) in [6.07, 6.45) is 5.10. The van der Waals surface area contributed by atoms with Crippen LogP contribution in [0.1, 0.15) is 49.7 Å². The molecule has 2 nitrogen and oxygen atoms in total. The van der Waals surface area contributed by atoms with Crippen molar-refractivity contribution >= 4 is 39.1 Å². The minimum Gasteiger partial charge on any atom is -0.297 e. The molecule has 0 saturated heterocycles. The fourth-order valence-corrected chi connectivity index (χ4v) is 4.70. The summed E-state index contributed by atoms with van der Waals surface area (Å²) in [4.78, 5) is 24.3. The number of hydrogen-bond donors (Lipinski definition) is 0. The normalized spacial score (nSPS) is 28.3. The van der Waals surface area contributed by atoms with Crippen LogP contribution in [0, 0.1) is 12.3 Å². The van der Waals surface area contributed by atoms with Gasteiger partial charge in [-0.1, -0.05) is 52.9 Å². The highest BCUT2D eigenvalue weighted by molar-refractivity contribution is 9.10. The van der Waals surface area contributed by atoms with Crippen LogP contribution in [-0.2, 0) is 14.5 Å². The van der Waals surface area contributed by atoms with Gasteiger partial charge in [0.2, 0.25) is 0 Å². The van der Waals surface area contributed by atoms with E-state index in [-0.39, 0.29) is 11.6 Å². The molecule has 1 aromatic carbocycles. The van der Waals surface area contributed by atoms with Gasteiger partial charge in [-0.25, -0.2) is 0 Å². The van der Waals surface area contributed by atoms with Crippen molar-refractivity contribution in [3.05, 3.63) is 33.8 Å². The zero-order chi connectivity index (χ0) is 15.3. The molecule has 0 heterocycles. The van der Waals surface area contributed by atoms with Gasteiger partial charge in [-0.15, -0.1) is 0 Å². The summed E-state index contributed by atoms with van der Waals surface area (Å²) in [7, 11) is 0. The quantitative estimate of drug-likeness (QED) is 0.532. The van der Waals surface area contributed by atoms with E-state index >= 15 is 0 Å². The highest BCUT2D eigenvalue weighted by Gasteiger charge is 2.62. The first-order valence-electron chi connectivity index (χ1n) is 7.44. The molecule has 0 N–H and O–H groups in total. The van der Waals surface area contributed by atoms with Crippen LogP contribution in [0.15, 0.2) is 22.7 Å². The second-order valence-electron chi connectivity index (χ2n) is 6.39. The third-order valence-corrected chi connectivity index (χ3v) is 6.14. The summed E-state index contributed by atoms with van der Waals surface area (Å²) in [6.45, 7) is 1.90. The summed E-state index contributed by atoms with van der Waals surface area (Å²) in [5.41, 5.74) is 1.03. The lowest BCUT2D eigenvalue weighted by molar-refractivity contribution is -0.130. The Bertz CT molecular complexity index is 619. The van der Waals surface area contributed by atoms with Crippen LogP contribution in [-0.4, -0.2) is 11.6 Å². The molecule has 0 radical (unpaired) electrons. The largest absolute Gasteiger partial charge is 0.297 e. The van der Waals surface area contributed by atoms with E-state index in [2.05, 4.69) is 15.9 Å². The predicted molar refractivity (Wildman–Crippen MR) is 86.6 cm³/mol. The van der Waals surface area contributed by atoms with Gasteiger partial charge in [0.25, 0.3) is 0 Å². The number of hydrogen-bond acceptors (Lipinski definition) is 2. The maximum atomic E-state index is 13.1. The van der Waals surface area contributed by atoms with Gasteiger partial charge in [-0.3, -0.25) is 9.59 Å². The SMILES string of the molecule is Cc1ccc(Br)cc1C1(Cl)C(=O)CC2(CCCCC2)C1=O. The van der Waals surface area contributed by atoms with E-state index in [0.717, 1.165) is 42.1 Å². The van der Waals surface area contributed by atoms with Crippen LogP contribution < -0.4 is 0 Å². The predicted octanol–water partition coefficient (Wildman–Crippen LogP) is 4.68. The number of rotatable bonds is 1. The molecule has 1 aromatic rings. The Balaban J connectivity index is 2.10. The van der Waals surface area contributed by atoms with Crippen molar-refractivity contribution in [1.29, 1.82) is 0 Å².